The maximum Gasteiger partial charge on any atom is 0.230 e. The lowest BCUT2D eigenvalue weighted by molar-refractivity contribution is -0.131. The zero-order valence-electron chi connectivity index (χ0n) is 14.2. The summed E-state index contributed by atoms with van der Waals surface area (Å²) in [5.41, 5.74) is 0. The van der Waals surface area contributed by atoms with E-state index in [0.717, 1.165) is 5.75 Å². The second-order valence-corrected chi connectivity index (χ2v) is 6.49. The maximum absolute atomic E-state index is 11.9. The fraction of sp³-hybridized carbons (Fsp3) is 0.688. The Kier molecular flexibility index (Phi) is 14.4. The second kappa shape index (κ2) is 15.2. The fourth-order valence-corrected chi connectivity index (χ4v) is 2.85. The van der Waals surface area contributed by atoms with Gasteiger partial charge in [0, 0.05) is 56.8 Å². The summed E-state index contributed by atoms with van der Waals surface area (Å²) in [5.74, 6) is 3.85. The molecular formula is C16H27N3O3S2. The third kappa shape index (κ3) is 12.1. The Labute approximate surface area is 154 Å². The van der Waals surface area contributed by atoms with Crippen LogP contribution in [-0.4, -0.2) is 53.8 Å². The standard InChI is InChI=1S/C16H27N3O3S2/c1-3-5-6-7-14(20)17-9-10-19(16(22)4-2)11-13-24-12-8-15(21)18-23/h1,23H,4-13H2,2H3,(H,17,20)(H,18,21). The molecule has 0 saturated carbocycles. The minimum atomic E-state index is -0.111. The van der Waals surface area contributed by atoms with Gasteiger partial charge in [0.15, 0.2) is 0 Å². The van der Waals surface area contributed by atoms with E-state index < -0.39 is 0 Å². The Morgan fingerprint density at radius 1 is 1.17 bits per heavy atom. The van der Waals surface area contributed by atoms with Crippen LogP contribution in [0, 0.1) is 12.3 Å². The molecule has 0 aliphatic heterocycles. The smallest absolute Gasteiger partial charge is 0.230 e. The first kappa shape index (κ1) is 22.7. The quantitative estimate of drug-likeness (QED) is 0.258. The van der Waals surface area contributed by atoms with Gasteiger partial charge in [-0.2, -0.15) is 11.8 Å². The molecule has 0 saturated heterocycles. The van der Waals surface area contributed by atoms with Crippen LogP contribution in [0.3, 0.4) is 0 Å². The van der Waals surface area contributed by atoms with Crippen LogP contribution in [0.5, 0.6) is 0 Å². The van der Waals surface area contributed by atoms with Crippen molar-refractivity contribution in [2.24, 2.45) is 0 Å². The summed E-state index contributed by atoms with van der Waals surface area (Å²) in [6, 6.07) is 0. The molecule has 0 unspecified atom stereocenters. The molecule has 3 amide bonds. The monoisotopic (exact) mass is 373 g/mol. The van der Waals surface area contributed by atoms with E-state index in [2.05, 4.69) is 28.8 Å². The first-order chi connectivity index (χ1) is 11.5. The molecule has 0 aromatic rings. The third-order valence-corrected chi connectivity index (χ3v) is 4.40. The van der Waals surface area contributed by atoms with Gasteiger partial charge in [0.25, 0.3) is 0 Å². The predicted octanol–water partition coefficient (Wildman–Crippen LogP) is 1.23. The molecule has 0 rings (SSSR count). The molecule has 0 aromatic heterocycles. The molecule has 0 bridgehead atoms. The van der Waals surface area contributed by atoms with Gasteiger partial charge < -0.3 is 14.9 Å². The van der Waals surface area contributed by atoms with Crippen molar-refractivity contribution >= 4 is 42.3 Å². The summed E-state index contributed by atoms with van der Waals surface area (Å²) in [6.45, 7) is 3.35. The van der Waals surface area contributed by atoms with Gasteiger partial charge in [-0.3, -0.25) is 14.4 Å². The van der Waals surface area contributed by atoms with Crippen LogP contribution >= 0.6 is 24.6 Å². The molecule has 0 aromatic carbocycles. The fourth-order valence-electron chi connectivity index (χ4n) is 1.85. The van der Waals surface area contributed by atoms with Crippen LogP contribution in [0.2, 0.25) is 0 Å². The first-order valence-corrected chi connectivity index (χ1v) is 9.63. The molecule has 0 radical (unpaired) electrons. The number of carbonyl (C=O) groups is 3. The Balaban J connectivity index is 3.97. The molecule has 0 fully saturated rings. The summed E-state index contributed by atoms with van der Waals surface area (Å²) in [6.07, 6.45) is 7.66. The molecule has 136 valence electrons. The van der Waals surface area contributed by atoms with Gasteiger partial charge in [0.1, 0.15) is 0 Å². The number of nitrogens with one attached hydrogen (secondary N) is 2. The molecule has 8 heteroatoms. The minimum absolute atomic E-state index is 0.0405. The molecule has 0 spiro atoms. The van der Waals surface area contributed by atoms with Gasteiger partial charge in [-0.1, -0.05) is 19.7 Å². The lowest BCUT2D eigenvalue weighted by Gasteiger charge is -2.22. The predicted molar refractivity (Wildman–Crippen MR) is 102 cm³/mol. The Bertz CT molecular complexity index is 439. The third-order valence-electron chi connectivity index (χ3n) is 3.19. The summed E-state index contributed by atoms with van der Waals surface area (Å²) in [4.78, 5) is 36.3. The van der Waals surface area contributed by atoms with Gasteiger partial charge >= 0.3 is 0 Å². The molecular weight excluding hydrogens is 346 g/mol. The highest BCUT2D eigenvalue weighted by Crippen LogP contribution is 2.05. The van der Waals surface area contributed by atoms with Crippen LogP contribution < -0.4 is 10.0 Å². The van der Waals surface area contributed by atoms with Crippen LogP contribution in [0.1, 0.15) is 39.0 Å². The number of nitrogens with zero attached hydrogens (tertiary/aromatic N) is 1. The van der Waals surface area contributed by atoms with E-state index in [4.69, 9.17) is 6.42 Å². The average molecular weight is 374 g/mol. The van der Waals surface area contributed by atoms with E-state index in [1.807, 2.05) is 6.92 Å². The van der Waals surface area contributed by atoms with Crippen molar-refractivity contribution < 1.29 is 14.4 Å². The summed E-state index contributed by atoms with van der Waals surface area (Å²) < 4.78 is 2.28. The van der Waals surface area contributed by atoms with Gasteiger partial charge in [-0.05, 0) is 6.42 Å². The maximum atomic E-state index is 11.9. The van der Waals surface area contributed by atoms with Crippen molar-refractivity contribution in [1.82, 2.24) is 14.9 Å². The number of amides is 3. The van der Waals surface area contributed by atoms with Crippen molar-refractivity contribution in [2.75, 3.05) is 31.1 Å². The zero-order valence-corrected chi connectivity index (χ0v) is 15.9. The van der Waals surface area contributed by atoms with Crippen molar-refractivity contribution in [3.8, 4) is 12.3 Å². The zero-order chi connectivity index (χ0) is 18.2. The highest BCUT2D eigenvalue weighted by atomic mass is 32.2. The number of carbonyl (C=O) groups excluding carboxylic acids is 3. The first-order valence-electron chi connectivity index (χ1n) is 8.03. The number of terminal acetylenes is 1. The van der Waals surface area contributed by atoms with E-state index in [0.29, 0.717) is 57.5 Å². The lowest BCUT2D eigenvalue weighted by atomic mass is 10.2. The lowest BCUT2D eigenvalue weighted by Crippen LogP contribution is -2.39. The Morgan fingerprint density at radius 3 is 2.54 bits per heavy atom. The normalized spacial score (nSPS) is 9.88. The Hall–Kier alpha value is -1.33. The van der Waals surface area contributed by atoms with Crippen molar-refractivity contribution in [2.45, 2.75) is 39.0 Å². The SMILES string of the molecule is C#CCCCC(=O)NCCN(CCSCCC(=O)NS)C(=O)CC. The van der Waals surface area contributed by atoms with E-state index in [1.165, 1.54) is 0 Å². The summed E-state index contributed by atoms with van der Waals surface area (Å²) in [5, 5.41) is 2.81. The Morgan fingerprint density at radius 2 is 1.92 bits per heavy atom. The van der Waals surface area contributed by atoms with Crippen molar-refractivity contribution in [3.05, 3.63) is 0 Å². The second-order valence-electron chi connectivity index (χ2n) is 5.04. The summed E-state index contributed by atoms with van der Waals surface area (Å²) >= 11 is 5.30. The van der Waals surface area contributed by atoms with Crippen LogP contribution in [0.15, 0.2) is 0 Å². The van der Waals surface area contributed by atoms with Gasteiger partial charge in [0.2, 0.25) is 17.7 Å². The molecule has 0 aliphatic rings. The van der Waals surface area contributed by atoms with Crippen LogP contribution in [0.4, 0.5) is 0 Å². The number of thioether (sulfide) groups is 1. The van der Waals surface area contributed by atoms with Gasteiger partial charge in [-0.25, -0.2) is 0 Å². The van der Waals surface area contributed by atoms with Crippen LogP contribution in [0.25, 0.3) is 0 Å². The number of thiol groups is 1. The van der Waals surface area contributed by atoms with E-state index >= 15 is 0 Å². The van der Waals surface area contributed by atoms with Gasteiger partial charge in [-0.15, -0.1) is 12.3 Å². The minimum Gasteiger partial charge on any atom is -0.354 e. The van der Waals surface area contributed by atoms with Crippen LogP contribution in [-0.2, 0) is 14.4 Å². The highest BCUT2D eigenvalue weighted by Gasteiger charge is 2.11. The molecule has 24 heavy (non-hydrogen) atoms. The molecule has 0 atom stereocenters. The average Bonchev–Trinajstić information content (AvgIpc) is 2.59. The largest absolute Gasteiger partial charge is 0.354 e. The number of hydrogen-bond donors (Lipinski definition) is 3. The number of unbranched alkanes of at least 4 members (excludes halogenated alkanes) is 1. The van der Waals surface area contributed by atoms with E-state index in [9.17, 15) is 14.4 Å². The van der Waals surface area contributed by atoms with Crippen molar-refractivity contribution in [1.29, 1.82) is 0 Å². The molecule has 0 aliphatic carbocycles. The number of rotatable bonds is 13. The molecule has 6 nitrogen and oxygen atoms in total. The molecule has 2 N–H and O–H groups in total. The highest BCUT2D eigenvalue weighted by molar-refractivity contribution is 7.99. The van der Waals surface area contributed by atoms with Gasteiger partial charge in [0.05, 0.1) is 0 Å². The van der Waals surface area contributed by atoms with Crippen molar-refractivity contribution in [3.63, 3.8) is 0 Å². The topological polar surface area (TPSA) is 78.5 Å². The van der Waals surface area contributed by atoms with E-state index in [1.54, 1.807) is 16.7 Å². The van der Waals surface area contributed by atoms with E-state index in [-0.39, 0.29) is 17.7 Å². The number of hydrogen-bond acceptors (Lipinski definition) is 5. The molecule has 0 heterocycles. The summed E-state index contributed by atoms with van der Waals surface area (Å²) in [7, 11) is 0.